The van der Waals surface area contributed by atoms with E-state index in [0.29, 0.717) is 30.1 Å². The van der Waals surface area contributed by atoms with E-state index >= 15 is 0 Å². The minimum absolute atomic E-state index is 0.278. The molecule has 0 aliphatic carbocycles. The van der Waals surface area contributed by atoms with Crippen LogP contribution in [-0.2, 0) is 13.0 Å². The maximum atomic E-state index is 11.8. The smallest absolute Gasteiger partial charge is 0.315 e. The largest absolute Gasteiger partial charge is 0.366 e. The van der Waals surface area contributed by atoms with Gasteiger partial charge in [-0.3, -0.25) is 4.79 Å². The normalized spacial score (nSPS) is 10.2. The van der Waals surface area contributed by atoms with E-state index in [1.165, 1.54) is 0 Å². The minimum Gasteiger partial charge on any atom is -0.366 e. The number of amides is 3. The molecule has 2 aromatic rings. The zero-order valence-electron chi connectivity index (χ0n) is 12.8. The van der Waals surface area contributed by atoms with Crippen molar-refractivity contribution in [3.05, 3.63) is 68.7 Å². The third kappa shape index (κ3) is 5.54. The first-order valence-electron chi connectivity index (χ1n) is 7.30. The molecule has 24 heavy (non-hydrogen) atoms. The number of nitrogens with two attached hydrogens (primary N) is 1. The summed E-state index contributed by atoms with van der Waals surface area (Å²) in [4.78, 5) is 22.9. The summed E-state index contributed by atoms with van der Waals surface area (Å²) in [6, 6.07) is 12.3. The van der Waals surface area contributed by atoms with E-state index < -0.39 is 5.91 Å². The standard InChI is InChI=1S/C17H17BrClN3O2/c18-14-5-4-13(15(19)9-14)10-22-17(24)21-7-6-11-2-1-3-12(8-11)16(20)23/h1-5,8-9H,6-7,10H2,(H2,20,23)(H2,21,22,24). The van der Waals surface area contributed by atoms with Gasteiger partial charge >= 0.3 is 6.03 Å². The molecule has 0 atom stereocenters. The Kier molecular flexibility index (Phi) is 6.63. The number of benzene rings is 2. The van der Waals surface area contributed by atoms with Crippen LogP contribution in [0, 0.1) is 0 Å². The molecular formula is C17H17BrClN3O2. The van der Waals surface area contributed by atoms with E-state index in [2.05, 4.69) is 26.6 Å². The van der Waals surface area contributed by atoms with Crippen LogP contribution in [-0.4, -0.2) is 18.5 Å². The molecule has 4 N–H and O–H groups in total. The first kappa shape index (κ1) is 18.3. The molecule has 7 heteroatoms. The lowest BCUT2D eigenvalue weighted by Gasteiger charge is -2.09. The molecule has 3 amide bonds. The van der Waals surface area contributed by atoms with Crippen molar-refractivity contribution in [2.75, 3.05) is 6.54 Å². The van der Waals surface area contributed by atoms with E-state index in [1.807, 2.05) is 18.2 Å². The SMILES string of the molecule is NC(=O)c1cccc(CCNC(=O)NCc2ccc(Br)cc2Cl)c1. The number of urea groups is 1. The summed E-state index contributed by atoms with van der Waals surface area (Å²) in [7, 11) is 0. The molecule has 0 saturated carbocycles. The summed E-state index contributed by atoms with van der Waals surface area (Å²) in [6.45, 7) is 0.789. The Hall–Kier alpha value is -2.05. The minimum atomic E-state index is -0.464. The van der Waals surface area contributed by atoms with Gasteiger partial charge in [0.05, 0.1) is 0 Å². The molecular weight excluding hydrogens is 394 g/mol. The van der Waals surface area contributed by atoms with Crippen LogP contribution in [0.1, 0.15) is 21.5 Å². The highest BCUT2D eigenvalue weighted by atomic mass is 79.9. The van der Waals surface area contributed by atoms with Gasteiger partial charge in [-0.15, -0.1) is 0 Å². The Morgan fingerprint density at radius 3 is 2.62 bits per heavy atom. The summed E-state index contributed by atoms with van der Waals surface area (Å²) in [5.41, 5.74) is 7.47. The van der Waals surface area contributed by atoms with E-state index in [9.17, 15) is 9.59 Å². The molecule has 0 heterocycles. The van der Waals surface area contributed by atoms with Gasteiger partial charge in [0.2, 0.25) is 5.91 Å². The van der Waals surface area contributed by atoms with Crippen LogP contribution in [0.25, 0.3) is 0 Å². The van der Waals surface area contributed by atoms with Gasteiger partial charge in [-0.05, 0) is 41.8 Å². The maximum Gasteiger partial charge on any atom is 0.315 e. The molecule has 0 bridgehead atoms. The van der Waals surface area contributed by atoms with Crippen molar-refractivity contribution in [3.63, 3.8) is 0 Å². The molecule has 5 nitrogen and oxygen atoms in total. The number of carbonyl (C=O) groups excluding carboxylic acids is 2. The fraction of sp³-hybridized carbons (Fsp3) is 0.176. The molecule has 0 aromatic heterocycles. The molecule has 0 radical (unpaired) electrons. The number of hydrogen-bond donors (Lipinski definition) is 3. The molecule has 126 valence electrons. The highest BCUT2D eigenvalue weighted by Gasteiger charge is 2.05. The van der Waals surface area contributed by atoms with Crippen LogP contribution in [0.4, 0.5) is 4.79 Å². The molecule has 0 fully saturated rings. The molecule has 0 unspecified atom stereocenters. The van der Waals surface area contributed by atoms with Crippen LogP contribution >= 0.6 is 27.5 Å². The van der Waals surface area contributed by atoms with Crippen LogP contribution < -0.4 is 16.4 Å². The molecule has 2 aromatic carbocycles. The monoisotopic (exact) mass is 409 g/mol. The quantitative estimate of drug-likeness (QED) is 0.683. The predicted octanol–water partition coefficient (Wildman–Crippen LogP) is 3.24. The number of carbonyl (C=O) groups is 2. The Labute approximate surface area is 153 Å². The van der Waals surface area contributed by atoms with Crippen LogP contribution in [0.15, 0.2) is 46.9 Å². The Morgan fingerprint density at radius 2 is 1.92 bits per heavy atom. The second-order valence-corrected chi connectivity index (χ2v) is 6.48. The molecule has 2 rings (SSSR count). The first-order valence-corrected chi connectivity index (χ1v) is 8.47. The van der Waals surface area contributed by atoms with Gasteiger partial charge < -0.3 is 16.4 Å². The molecule has 0 aliphatic heterocycles. The van der Waals surface area contributed by atoms with Gasteiger partial charge in [-0.25, -0.2) is 4.79 Å². The average molecular weight is 411 g/mol. The van der Waals surface area contributed by atoms with Gasteiger partial charge in [0.1, 0.15) is 0 Å². The fourth-order valence-electron chi connectivity index (χ4n) is 2.10. The molecule has 0 spiro atoms. The number of halogens is 2. The lowest BCUT2D eigenvalue weighted by atomic mass is 10.1. The van der Waals surface area contributed by atoms with Gasteiger partial charge in [-0.2, -0.15) is 0 Å². The second kappa shape index (κ2) is 8.70. The van der Waals surface area contributed by atoms with E-state index in [1.54, 1.807) is 24.3 Å². The summed E-state index contributed by atoms with van der Waals surface area (Å²) in [6.07, 6.45) is 0.605. The number of hydrogen-bond acceptors (Lipinski definition) is 2. The predicted molar refractivity (Wildman–Crippen MR) is 98.1 cm³/mol. The second-order valence-electron chi connectivity index (χ2n) is 5.16. The van der Waals surface area contributed by atoms with Crippen molar-refractivity contribution in [1.29, 1.82) is 0 Å². The third-order valence-corrected chi connectivity index (χ3v) is 4.21. The van der Waals surface area contributed by atoms with E-state index in [4.69, 9.17) is 17.3 Å². The Morgan fingerprint density at radius 1 is 1.12 bits per heavy atom. The van der Waals surface area contributed by atoms with Crippen molar-refractivity contribution in [3.8, 4) is 0 Å². The Balaban J connectivity index is 1.77. The van der Waals surface area contributed by atoms with Crippen molar-refractivity contribution >= 4 is 39.5 Å². The average Bonchev–Trinajstić information content (AvgIpc) is 2.54. The zero-order chi connectivity index (χ0) is 17.5. The summed E-state index contributed by atoms with van der Waals surface area (Å²) >= 11 is 9.43. The van der Waals surface area contributed by atoms with E-state index in [0.717, 1.165) is 15.6 Å². The van der Waals surface area contributed by atoms with Gasteiger partial charge in [-0.1, -0.05) is 45.7 Å². The number of rotatable bonds is 6. The lowest BCUT2D eigenvalue weighted by Crippen LogP contribution is -2.36. The maximum absolute atomic E-state index is 11.8. The van der Waals surface area contributed by atoms with Crippen molar-refractivity contribution in [2.24, 2.45) is 5.73 Å². The van der Waals surface area contributed by atoms with Crippen molar-refractivity contribution < 1.29 is 9.59 Å². The first-order chi connectivity index (χ1) is 11.5. The summed E-state index contributed by atoms with van der Waals surface area (Å²) < 4.78 is 0.888. The molecule has 0 aliphatic rings. The number of nitrogens with one attached hydrogen (secondary N) is 2. The highest BCUT2D eigenvalue weighted by Crippen LogP contribution is 2.21. The molecule has 0 saturated heterocycles. The van der Waals surface area contributed by atoms with Crippen molar-refractivity contribution in [1.82, 2.24) is 10.6 Å². The van der Waals surface area contributed by atoms with Gasteiger partial charge in [0.15, 0.2) is 0 Å². The highest BCUT2D eigenvalue weighted by molar-refractivity contribution is 9.10. The summed E-state index contributed by atoms with van der Waals surface area (Å²) in [5.74, 6) is -0.464. The lowest BCUT2D eigenvalue weighted by molar-refractivity contribution is 0.1000. The van der Waals surface area contributed by atoms with Gasteiger partial charge in [0, 0.05) is 28.1 Å². The summed E-state index contributed by atoms with van der Waals surface area (Å²) in [5, 5.41) is 6.10. The zero-order valence-corrected chi connectivity index (χ0v) is 15.2. The van der Waals surface area contributed by atoms with Crippen LogP contribution in [0.2, 0.25) is 5.02 Å². The fourth-order valence-corrected chi connectivity index (χ4v) is 2.84. The van der Waals surface area contributed by atoms with Crippen molar-refractivity contribution in [2.45, 2.75) is 13.0 Å². The van der Waals surface area contributed by atoms with Gasteiger partial charge in [0.25, 0.3) is 0 Å². The number of primary amides is 1. The third-order valence-electron chi connectivity index (χ3n) is 3.37. The topological polar surface area (TPSA) is 84.2 Å². The van der Waals surface area contributed by atoms with E-state index in [-0.39, 0.29) is 6.03 Å². The van der Waals surface area contributed by atoms with Crippen LogP contribution in [0.3, 0.4) is 0 Å². The Bertz CT molecular complexity index is 752. The van der Waals surface area contributed by atoms with Crippen LogP contribution in [0.5, 0.6) is 0 Å².